The summed E-state index contributed by atoms with van der Waals surface area (Å²) < 4.78 is 0. The summed E-state index contributed by atoms with van der Waals surface area (Å²) in [7, 11) is 0. The van der Waals surface area contributed by atoms with Crippen LogP contribution >= 0.6 is 0 Å². The quantitative estimate of drug-likeness (QED) is 0.154. The highest BCUT2D eigenvalue weighted by atomic mass is 15.1. The van der Waals surface area contributed by atoms with E-state index in [2.05, 4.69) is 193 Å². The van der Waals surface area contributed by atoms with Gasteiger partial charge in [-0.05, 0) is 214 Å². The van der Waals surface area contributed by atoms with Crippen molar-refractivity contribution < 1.29 is 0 Å². The average Bonchev–Trinajstić information content (AvgIpc) is 3.87. The predicted molar refractivity (Wildman–Crippen MR) is 288 cm³/mol. The second-order valence-corrected chi connectivity index (χ2v) is 24.0. The SMILES string of the molecule is c1ccc(-c2cccc(N(c3ccccc3-c3ccccc3)c3cccc4c3-c3ccccc3C43c4cc(C56CC7CC(CC(C7)C5)C6)ccc4-c4ccc(C56CC7CC(CC(C7)C5)C6)cc43)c2)cc1. The maximum Gasteiger partial charge on any atom is 0.0726 e. The van der Waals surface area contributed by atoms with Gasteiger partial charge in [-0.15, -0.1) is 0 Å². The lowest BCUT2D eigenvalue weighted by Crippen LogP contribution is -2.48. The summed E-state index contributed by atoms with van der Waals surface area (Å²) in [4.78, 5) is 2.61. The molecular formula is C69H61N. The van der Waals surface area contributed by atoms with Crippen molar-refractivity contribution in [3.05, 3.63) is 221 Å². The third-order valence-electron chi connectivity index (χ3n) is 20.2. The molecule has 10 aliphatic carbocycles. The van der Waals surface area contributed by atoms with Crippen molar-refractivity contribution in [1.82, 2.24) is 0 Å². The molecule has 0 amide bonds. The van der Waals surface area contributed by atoms with Crippen molar-refractivity contribution in [3.63, 3.8) is 0 Å². The number of rotatable bonds is 7. The maximum absolute atomic E-state index is 2.82. The monoisotopic (exact) mass is 903 g/mol. The van der Waals surface area contributed by atoms with Crippen LogP contribution in [-0.2, 0) is 16.2 Å². The molecule has 1 nitrogen and oxygen atoms in total. The van der Waals surface area contributed by atoms with Crippen LogP contribution < -0.4 is 4.90 Å². The molecule has 70 heavy (non-hydrogen) atoms. The minimum absolute atomic E-state index is 0.300. The van der Waals surface area contributed by atoms with E-state index < -0.39 is 5.41 Å². The Labute approximate surface area is 414 Å². The van der Waals surface area contributed by atoms with Gasteiger partial charge >= 0.3 is 0 Å². The molecule has 0 aromatic heterocycles. The van der Waals surface area contributed by atoms with E-state index in [1.807, 2.05) is 0 Å². The molecule has 1 spiro atoms. The van der Waals surface area contributed by atoms with Gasteiger partial charge in [-0.1, -0.05) is 164 Å². The molecule has 8 fully saturated rings. The number of hydrogen-bond acceptors (Lipinski definition) is 1. The Morgan fingerprint density at radius 1 is 0.314 bits per heavy atom. The molecule has 8 bridgehead atoms. The first-order valence-electron chi connectivity index (χ1n) is 27.2. The van der Waals surface area contributed by atoms with Crippen molar-refractivity contribution in [3.8, 4) is 44.5 Å². The van der Waals surface area contributed by atoms with Crippen LogP contribution in [0.3, 0.4) is 0 Å². The number of fused-ring (bicyclic) bond motifs is 10. The van der Waals surface area contributed by atoms with E-state index in [1.165, 1.54) is 155 Å². The number of benzene rings is 8. The molecular weight excluding hydrogens is 843 g/mol. The van der Waals surface area contributed by atoms with Crippen LogP contribution in [0.5, 0.6) is 0 Å². The van der Waals surface area contributed by atoms with Gasteiger partial charge in [-0.25, -0.2) is 0 Å². The van der Waals surface area contributed by atoms with Crippen LogP contribution in [0, 0.1) is 35.5 Å². The first-order chi connectivity index (χ1) is 34.5. The molecule has 0 heterocycles. The fourth-order valence-corrected chi connectivity index (χ4v) is 18.4. The zero-order chi connectivity index (χ0) is 45.8. The topological polar surface area (TPSA) is 3.24 Å². The van der Waals surface area contributed by atoms with E-state index in [0.29, 0.717) is 10.8 Å². The highest BCUT2D eigenvalue weighted by molar-refractivity contribution is 6.02. The van der Waals surface area contributed by atoms with Crippen molar-refractivity contribution >= 4 is 17.1 Å². The molecule has 8 aromatic carbocycles. The van der Waals surface area contributed by atoms with Crippen LogP contribution in [0.2, 0.25) is 0 Å². The van der Waals surface area contributed by atoms with Crippen LogP contribution in [-0.4, -0.2) is 0 Å². The fourth-order valence-electron chi connectivity index (χ4n) is 18.4. The molecule has 342 valence electrons. The minimum Gasteiger partial charge on any atom is -0.309 e. The van der Waals surface area contributed by atoms with Gasteiger partial charge in [0.05, 0.1) is 16.8 Å². The van der Waals surface area contributed by atoms with Crippen molar-refractivity contribution in [2.45, 2.75) is 93.3 Å². The van der Waals surface area contributed by atoms with Gasteiger partial charge in [-0.3, -0.25) is 0 Å². The molecule has 0 N–H and O–H groups in total. The number of para-hydroxylation sites is 1. The van der Waals surface area contributed by atoms with E-state index in [1.54, 1.807) is 11.1 Å². The van der Waals surface area contributed by atoms with Crippen LogP contribution in [0.1, 0.15) is 110 Å². The zero-order valence-corrected chi connectivity index (χ0v) is 40.3. The lowest BCUT2D eigenvalue weighted by molar-refractivity contribution is -0.00530. The second-order valence-electron chi connectivity index (χ2n) is 24.0. The average molecular weight is 904 g/mol. The standard InChI is InChI=1S/C69H61N/c1-3-13-50(14-4-1)52-17-11-18-55(35-52)70(64-23-10-8-19-56(64)51-15-5-2-6-16-51)65-24-12-22-61-66(65)59-20-7-9-21-60(59)69(61)62-36-53(67-38-44-29-45(39-67)31-46(30-44)40-67)25-27-57(62)58-28-26-54(37-63(58)69)68-41-47-32-48(42-68)34-49(33-47)43-68/h1-28,35-37,44-49H,29-34,38-43H2. The first kappa shape index (κ1) is 40.3. The smallest absolute Gasteiger partial charge is 0.0726 e. The summed E-state index contributed by atoms with van der Waals surface area (Å²) in [5, 5.41) is 0. The van der Waals surface area contributed by atoms with E-state index in [-0.39, 0.29) is 0 Å². The molecule has 0 atom stereocenters. The third kappa shape index (κ3) is 5.67. The summed E-state index contributed by atoms with van der Waals surface area (Å²) in [6.07, 6.45) is 17.1. The van der Waals surface area contributed by atoms with Gasteiger partial charge in [0.1, 0.15) is 0 Å². The highest BCUT2D eigenvalue weighted by Gasteiger charge is 2.57. The molecule has 10 aliphatic rings. The fraction of sp³-hybridized carbons (Fsp3) is 0.304. The largest absolute Gasteiger partial charge is 0.309 e. The molecule has 0 saturated heterocycles. The van der Waals surface area contributed by atoms with Gasteiger partial charge < -0.3 is 4.90 Å². The number of hydrogen-bond donors (Lipinski definition) is 0. The zero-order valence-electron chi connectivity index (χ0n) is 40.3. The molecule has 8 saturated carbocycles. The summed E-state index contributed by atoms with van der Waals surface area (Å²) in [5.41, 5.74) is 23.5. The molecule has 8 aromatic rings. The maximum atomic E-state index is 2.82. The lowest BCUT2D eigenvalue weighted by Gasteiger charge is -2.57. The molecule has 0 radical (unpaired) electrons. The van der Waals surface area contributed by atoms with Gasteiger partial charge in [0.25, 0.3) is 0 Å². The normalized spacial score (nSPS) is 29.8. The first-order valence-corrected chi connectivity index (χ1v) is 27.2. The summed E-state index contributed by atoms with van der Waals surface area (Å²) in [6.45, 7) is 0. The Balaban J connectivity index is 0.966. The van der Waals surface area contributed by atoms with Gasteiger partial charge in [-0.2, -0.15) is 0 Å². The van der Waals surface area contributed by atoms with Gasteiger partial charge in [0.2, 0.25) is 0 Å². The molecule has 18 rings (SSSR count). The van der Waals surface area contributed by atoms with Crippen LogP contribution in [0.25, 0.3) is 44.5 Å². The number of anilines is 3. The molecule has 0 unspecified atom stereocenters. The van der Waals surface area contributed by atoms with Gasteiger partial charge in [0.15, 0.2) is 0 Å². The second kappa shape index (κ2) is 14.8. The van der Waals surface area contributed by atoms with Gasteiger partial charge in [0, 0.05) is 16.8 Å². The highest BCUT2D eigenvalue weighted by Crippen LogP contribution is 2.68. The lowest BCUT2D eigenvalue weighted by atomic mass is 9.48. The van der Waals surface area contributed by atoms with Crippen molar-refractivity contribution in [2.75, 3.05) is 4.90 Å². The number of nitrogens with zero attached hydrogens (tertiary/aromatic N) is 1. The van der Waals surface area contributed by atoms with Crippen LogP contribution in [0.4, 0.5) is 17.1 Å². The minimum atomic E-state index is -0.445. The third-order valence-corrected chi connectivity index (χ3v) is 20.2. The summed E-state index contributed by atoms with van der Waals surface area (Å²) in [5.74, 6) is 5.38. The Kier molecular flexibility index (Phi) is 8.52. The van der Waals surface area contributed by atoms with Crippen molar-refractivity contribution in [2.24, 2.45) is 35.5 Å². The van der Waals surface area contributed by atoms with E-state index in [4.69, 9.17) is 0 Å². The van der Waals surface area contributed by atoms with Crippen LogP contribution in [0.15, 0.2) is 188 Å². The Hall–Kier alpha value is -6.44. The summed E-state index contributed by atoms with van der Waals surface area (Å²) in [6, 6.07) is 73.5. The summed E-state index contributed by atoms with van der Waals surface area (Å²) >= 11 is 0. The van der Waals surface area contributed by atoms with Crippen molar-refractivity contribution in [1.29, 1.82) is 0 Å². The van der Waals surface area contributed by atoms with E-state index >= 15 is 0 Å². The molecule has 0 aliphatic heterocycles. The Morgan fingerprint density at radius 3 is 1.36 bits per heavy atom. The Bertz CT molecular complexity index is 3250. The predicted octanol–water partition coefficient (Wildman–Crippen LogP) is 17.8. The Morgan fingerprint density at radius 2 is 0.771 bits per heavy atom. The molecule has 1 heteroatoms. The van der Waals surface area contributed by atoms with E-state index in [0.717, 1.165) is 41.2 Å². The van der Waals surface area contributed by atoms with E-state index in [9.17, 15) is 0 Å².